The van der Waals surface area contributed by atoms with Gasteiger partial charge in [0.2, 0.25) is 0 Å². The van der Waals surface area contributed by atoms with Crippen LogP contribution in [0.4, 0.5) is 0 Å². The molecule has 0 atom stereocenters. The number of rotatable bonds is 3. The summed E-state index contributed by atoms with van der Waals surface area (Å²) < 4.78 is 5.00. The molecule has 0 radical (unpaired) electrons. The highest BCUT2D eigenvalue weighted by Gasteiger charge is 2.13. The molecule has 0 saturated heterocycles. The van der Waals surface area contributed by atoms with Crippen molar-refractivity contribution in [2.75, 3.05) is 6.61 Å². The number of nitrogens with zero attached hydrogens (tertiary/aromatic N) is 2. The molecule has 0 aromatic carbocycles. The van der Waals surface area contributed by atoms with E-state index in [0.29, 0.717) is 12.2 Å². The maximum absolute atomic E-state index is 11.8. The summed E-state index contributed by atoms with van der Waals surface area (Å²) in [6.45, 7) is 2.13. The number of aromatic nitrogens is 2. The van der Waals surface area contributed by atoms with Crippen LogP contribution in [0, 0.1) is 0 Å². The minimum Gasteiger partial charge on any atom is -0.462 e. The molecule has 0 aliphatic heterocycles. The summed E-state index contributed by atoms with van der Waals surface area (Å²) in [7, 11) is 0. The van der Waals surface area contributed by atoms with Gasteiger partial charge in [-0.05, 0) is 36.2 Å². The van der Waals surface area contributed by atoms with Gasteiger partial charge in [0.15, 0.2) is 0 Å². The molecule has 4 nitrogen and oxygen atoms in total. The highest BCUT2D eigenvalue weighted by molar-refractivity contribution is 5.96. The summed E-state index contributed by atoms with van der Waals surface area (Å²) in [6, 6.07) is 5.48. The topological polar surface area (TPSA) is 52.1 Å². The molecule has 0 N–H and O–H groups in total. The van der Waals surface area contributed by atoms with E-state index in [0.717, 1.165) is 11.1 Å². The lowest BCUT2D eigenvalue weighted by Gasteiger charge is -2.07. The molecule has 2 aromatic rings. The Hall–Kier alpha value is -2.23. The molecule has 0 spiro atoms. The number of carbonyl (C=O) groups is 1. The SMILES string of the molecule is CCOC(=O)c1cnccc1-c1ccncc1. The number of esters is 1. The zero-order chi connectivity index (χ0) is 12.1. The first-order valence-corrected chi connectivity index (χ1v) is 5.34. The van der Waals surface area contributed by atoms with E-state index in [4.69, 9.17) is 4.74 Å². The van der Waals surface area contributed by atoms with Crippen LogP contribution < -0.4 is 0 Å². The van der Waals surface area contributed by atoms with Crippen molar-refractivity contribution < 1.29 is 9.53 Å². The van der Waals surface area contributed by atoms with E-state index in [1.807, 2.05) is 12.1 Å². The maximum atomic E-state index is 11.8. The molecular formula is C13H12N2O2. The number of hydrogen-bond acceptors (Lipinski definition) is 4. The van der Waals surface area contributed by atoms with Crippen LogP contribution in [0.3, 0.4) is 0 Å². The molecule has 0 aliphatic rings. The Morgan fingerprint density at radius 3 is 2.59 bits per heavy atom. The monoisotopic (exact) mass is 228 g/mol. The molecule has 0 fully saturated rings. The maximum Gasteiger partial charge on any atom is 0.340 e. The summed E-state index contributed by atoms with van der Waals surface area (Å²) in [5.74, 6) is -0.354. The summed E-state index contributed by atoms with van der Waals surface area (Å²) in [5, 5.41) is 0. The molecule has 17 heavy (non-hydrogen) atoms. The second-order valence-electron chi connectivity index (χ2n) is 3.38. The number of pyridine rings is 2. The molecule has 0 unspecified atom stereocenters. The van der Waals surface area contributed by atoms with Gasteiger partial charge in [-0.1, -0.05) is 0 Å². The van der Waals surface area contributed by atoms with Crippen LogP contribution in [0.25, 0.3) is 11.1 Å². The van der Waals surface area contributed by atoms with E-state index in [2.05, 4.69) is 9.97 Å². The zero-order valence-electron chi connectivity index (χ0n) is 9.46. The standard InChI is InChI=1S/C13H12N2O2/c1-2-17-13(16)12-9-15-8-5-11(12)10-3-6-14-7-4-10/h3-9H,2H2,1H3. The van der Waals surface area contributed by atoms with Crippen molar-refractivity contribution >= 4 is 5.97 Å². The lowest BCUT2D eigenvalue weighted by molar-refractivity contribution is 0.0527. The van der Waals surface area contributed by atoms with E-state index < -0.39 is 0 Å². The molecule has 4 heteroatoms. The molecule has 0 amide bonds. The predicted molar refractivity (Wildman–Crippen MR) is 63.4 cm³/mol. The van der Waals surface area contributed by atoms with Gasteiger partial charge in [0.1, 0.15) is 0 Å². The van der Waals surface area contributed by atoms with Crippen LogP contribution in [-0.2, 0) is 4.74 Å². The van der Waals surface area contributed by atoms with Gasteiger partial charge in [-0.3, -0.25) is 9.97 Å². The average molecular weight is 228 g/mol. The molecule has 0 saturated carbocycles. The van der Waals surface area contributed by atoms with Gasteiger partial charge in [0.05, 0.1) is 12.2 Å². The second kappa shape index (κ2) is 5.21. The van der Waals surface area contributed by atoms with Gasteiger partial charge >= 0.3 is 5.97 Å². The molecular weight excluding hydrogens is 216 g/mol. The molecule has 0 aliphatic carbocycles. The summed E-state index contributed by atoms with van der Waals surface area (Å²) >= 11 is 0. The minimum absolute atomic E-state index is 0.351. The first-order chi connectivity index (χ1) is 8.33. The fourth-order valence-electron chi connectivity index (χ4n) is 1.55. The second-order valence-corrected chi connectivity index (χ2v) is 3.38. The smallest absolute Gasteiger partial charge is 0.340 e. The Bertz CT molecular complexity index is 512. The van der Waals surface area contributed by atoms with Gasteiger partial charge in [0, 0.05) is 24.8 Å². The largest absolute Gasteiger partial charge is 0.462 e. The molecule has 0 bridgehead atoms. The number of ether oxygens (including phenoxy) is 1. The van der Waals surface area contributed by atoms with Crippen molar-refractivity contribution in [1.29, 1.82) is 0 Å². The molecule has 2 rings (SSSR count). The Morgan fingerprint density at radius 2 is 1.88 bits per heavy atom. The molecule has 2 heterocycles. The number of hydrogen-bond donors (Lipinski definition) is 0. The van der Waals surface area contributed by atoms with Gasteiger partial charge in [0.25, 0.3) is 0 Å². The quantitative estimate of drug-likeness (QED) is 0.756. The van der Waals surface area contributed by atoms with Crippen LogP contribution in [0.1, 0.15) is 17.3 Å². The minimum atomic E-state index is -0.354. The van der Waals surface area contributed by atoms with Crippen molar-refractivity contribution in [3.05, 3.63) is 48.5 Å². The van der Waals surface area contributed by atoms with Crippen molar-refractivity contribution in [2.24, 2.45) is 0 Å². The van der Waals surface area contributed by atoms with E-state index in [1.165, 1.54) is 6.20 Å². The average Bonchev–Trinajstić information content (AvgIpc) is 2.40. The van der Waals surface area contributed by atoms with Crippen molar-refractivity contribution in [1.82, 2.24) is 9.97 Å². The molecule has 2 aromatic heterocycles. The van der Waals surface area contributed by atoms with Crippen molar-refractivity contribution in [2.45, 2.75) is 6.92 Å². The Kier molecular flexibility index (Phi) is 3.45. The normalized spacial score (nSPS) is 9.94. The summed E-state index contributed by atoms with van der Waals surface area (Å²) in [6.07, 6.45) is 6.54. The van der Waals surface area contributed by atoms with Crippen molar-refractivity contribution in [3.63, 3.8) is 0 Å². The third-order valence-corrected chi connectivity index (χ3v) is 2.31. The molecule has 86 valence electrons. The summed E-state index contributed by atoms with van der Waals surface area (Å²) in [5.41, 5.74) is 2.20. The van der Waals surface area contributed by atoms with Crippen molar-refractivity contribution in [3.8, 4) is 11.1 Å². The lowest BCUT2D eigenvalue weighted by Crippen LogP contribution is -2.06. The third kappa shape index (κ3) is 2.47. The van der Waals surface area contributed by atoms with Crippen LogP contribution in [0.2, 0.25) is 0 Å². The summed E-state index contributed by atoms with van der Waals surface area (Å²) in [4.78, 5) is 19.7. The fraction of sp³-hybridized carbons (Fsp3) is 0.154. The van der Waals surface area contributed by atoms with Gasteiger partial charge in [-0.25, -0.2) is 4.79 Å². The van der Waals surface area contributed by atoms with E-state index in [-0.39, 0.29) is 5.97 Å². The highest BCUT2D eigenvalue weighted by atomic mass is 16.5. The fourth-order valence-corrected chi connectivity index (χ4v) is 1.55. The Balaban J connectivity index is 2.45. The van der Waals surface area contributed by atoms with Gasteiger partial charge in [-0.15, -0.1) is 0 Å². The number of carbonyl (C=O) groups excluding carboxylic acids is 1. The van der Waals surface area contributed by atoms with E-state index >= 15 is 0 Å². The van der Waals surface area contributed by atoms with Gasteiger partial charge < -0.3 is 4.74 Å². The van der Waals surface area contributed by atoms with E-state index in [1.54, 1.807) is 31.6 Å². The predicted octanol–water partition coefficient (Wildman–Crippen LogP) is 2.32. The van der Waals surface area contributed by atoms with Crippen LogP contribution in [-0.4, -0.2) is 22.5 Å². The zero-order valence-corrected chi connectivity index (χ0v) is 9.46. The van der Waals surface area contributed by atoms with Crippen LogP contribution >= 0.6 is 0 Å². The van der Waals surface area contributed by atoms with Gasteiger partial charge in [-0.2, -0.15) is 0 Å². The van der Waals surface area contributed by atoms with E-state index in [9.17, 15) is 4.79 Å². The highest BCUT2D eigenvalue weighted by Crippen LogP contribution is 2.22. The Labute approximate surface area is 99.3 Å². The lowest BCUT2D eigenvalue weighted by atomic mass is 10.0. The first kappa shape index (κ1) is 11.3. The van der Waals surface area contributed by atoms with Crippen LogP contribution in [0.15, 0.2) is 43.0 Å². The van der Waals surface area contributed by atoms with Crippen LogP contribution in [0.5, 0.6) is 0 Å². The Morgan fingerprint density at radius 1 is 1.18 bits per heavy atom. The third-order valence-electron chi connectivity index (χ3n) is 2.31. The first-order valence-electron chi connectivity index (χ1n) is 5.34.